The molecule has 1 aromatic heterocycles. The average molecular weight is 303 g/mol. The topological polar surface area (TPSA) is 59.2 Å². The Morgan fingerprint density at radius 2 is 1.95 bits per heavy atom. The normalized spacial score (nSPS) is 11.4. The Bertz CT molecular complexity index is 631. The van der Waals surface area contributed by atoms with Crippen LogP contribution in [0.5, 0.6) is 0 Å². The highest BCUT2D eigenvalue weighted by Crippen LogP contribution is 2.27. The molecule has 4 nitrogen and oxygen atoms in total. The number of carbonyl (C=O) groups excluding carboxylic acids is 1. The predicted octanol–water partition coefficient (Wildman–Crippen LogP) is 2.97. The van der Waals surface area contributed by atoms with Gasteiger partial charge in [-0.2, -0.15) is 0 Å². The van der Waals surface area contributed by atoms with E-state index in [1.807, 2.05) is 57.6 Å². The van der Waals surface area contributed by atoms with E-state index < -0.39 is 5.41 Å². The van der Waals surface area contributed by atoms with Crippen molar-refractivity contribution in [3.63, 3.8) is 0 Å². The fraction of sp³-hybridized carbons (Fsp3) is 0.375. The Morgan fingerprint density at radius 3 is 2.48 bits per heavy atom. The van der Waals surface area contributed by atoms with Crippen LogP contribution in [0.25, 0.3) is 0 Å². The largest absolute Gasteiger partial charge is 0.399 e. The van der Waals surface area contributed by atoms with E-state index in [2.05, 4.69) is 4.98 Å². The minimum atomic E-state index is -0.582. The van der Waals surface area contributed by atoms with Crippen LogP contribution >= 0.6 is 11.3 Å². The molecule has 0 aliphatic rings. The Balaban J connectivity index is 2.17. The maximum absolute atomic E-state index is 12.8. The zero-order valence-electron chi connectivity index (χ0n) is 12.9. The van der Waals surface area contributed by atoms with Crippen LogP contribution in [0.1, 0.15) is 30.0 Å². The first-order valence-electron chi connectivity index (χ1n) is 6.83. The fourth-order valence-corrected chi connectivity index (χ4v) is 3.10. The van der Waals surface area contributed by atoms with Gasteiger partial charge in [0.15, 0.2) is 0 Å². The summed E-state index contributed by atoms with van der Waals surface area (Å²) in [5, 5.41) is 0. The number of aromatic nitrogens is 1. The first kappa shape index (κ1) is 15.5. The van der Waals surface area contributed by atoms with Gasteiger partial charge in [-0.15, -0.1) is 11.3 Å². The maximum Gasteiger partial charge on any atom is 0.232 e. The van der Waals surface area contributed by atoms with Crippen LogP contribution in [-0.2, 0) is 16.8 Å². The van der Waals surface area contributed by atoms with Crippen molar-refractivity contribution in [2.75, 3.05) is 12.8 Å². The van der Waals surface area contributed by atoms with Gasteiger partial charge in [0.05, 0.1) is 23.2 Å². The number of nitrogens with two attached hydrogens (primary N) is 1. The second-order valence-corrected chi connectivity index (χ2v) is 6.71. The van der Waals surface area contributed by atoms with E-state index in [0.29, 0.717) is 12.2 Å². The van der Waals surface area contributed by atoms with Crippen LogP contribution in [0.4, 0.5) is 5.69 Å². The molecule has 1 aromatic carbocycles. The zero-order valence-corrected chi connectivity index (χ0v) is 13.7. The third kappa shape index (κ3) is 3.24. The van der Waals surface area contributed by atoms with E-state index in [4.69, 9.17) is 5.73 Å². The number of hydrogen-bond donors (Lipinski definition) is 1. The van der Waals surface area contributed by atoms with Gasteiger partial charge in [-0.3, -0.25) is 4.79 Å². The molecule has 112 valence electrons. The highest BCUT2D eigenvalue weighted by Gasteiger charge is 2.32. The third-order valence-electron chi connectivity index (χ3n) is 3.74. The van der Waals surface area contributed by atoms with Crippen LogP contribution in [0.2, 0.25) is 0 Å². The quantitative estimate of drug-likeness (QED) is 0.883. The van der Waals surface area contributed by atoms with E-state index >= 15 is 0 Å². The van der Waals surface area contributed by atoms with Crippen LogP contribution in [-0.4, -0.2) is 22.8 Å². The first-order chi connectivity index (χ1) is 9.82. The molecule has 2 N–H and O–H groups in total. The number of carbonyl (C=O) groups is 1. The average Bonchev–Trinajstić information content (AvgIpc) is 2.83. The highest BCUT2D eigenvalue weighted by molar-refractivity contribution is 7.09. The van der Waals surface area contributed by atoms with Crippen molar-refractivity contribution in [2.45, 2.75) is 32.7 Å². The minimum Gasteiger partial charge on any atom is -0.399 e. The summed E-state index contributed by atoms with van der Waals surface area (Å²) < 4.78 is 0. The van der Waals surface area contributed by atoms with Crippen LogP contribution in [0, 0.1) is 6.92 Å². The van der Waals surface area contributed by atoms with Gasteiger partial charge in [0.2, 0.25) is 5.91 Å². The third-order valence-corrected chi connectivity index (χ3v) is 4.66. The van der Waals surface area contributed by atoms with Crippen molar-refractivity contribution in [1.82, 2.24) is 9.88 Å². The van der Waals surface area contributed by atoms with Gasteiger partial charge in [0, 0.05) is 17.6 Å². The molecule has 0 unspecified atom stereocenters. The molecule has 2 aromatic rings. The Kier molecular flexibility index (Phi) is 4.32. The first-order valence-corrected chi connectivity index (χ1v) is 7.71. The Morgan fingerprint density at radius 1 is 1.33 bits per heavy atom. The van der Waals surface area contributed by atoms with Crippen molar-refractivity contribution < 1.29 is 4.79 Å². The van der Waals surface area contributed by atoms with E-state index in [9.17, 15) is 4.79 Å². The number of rotatable bonds is 4. The number of likely N-dealkylation sites (N-methyl/N-ethyl adjacent to an activating group) is 1. The van der Waals surface area contributed by atoms with Crippen LogP contribution in [0.15, 0.2) is 29.8 Å². The van der Waals surface area contributed by atoms with Crippen molar-refractivity contribution >= 4 is 22.9 Å². The molecule has 21 heavy (non-hydrogen) atoms. The minimum absolute atomic E-state index is 0.0834. The van der Waals surface area contributed by atoms with Crippen molar-refractivity contribution in [1.29, 1.82) is 0 Å². The number of anilines is 1. The summed E-state index contributed by atoms with van der Waals surface area (Å²) in [6.07, 6.45) is 0. The monoisotopic (exact) mass is 303 g/mol. The van der Waals surface area contributed by atoms with Gasteiger partial charge in [-0.25, -0.2) is 4.98 Å². The molecule has 0 bridgehead atoms. The molecule has 0 aliphatic carbocycles. The van der Waals surface area contributed by atoms with Crippen molar-refractivity contribution in [3.05, 3.63) is 45.9 Å². The summed E-state index contributed by atoms with van der Waals surface area (Å²) in [6.45, 7) is 6.44. The molecule has 0 aliphatic heterocycles. The van der Waals surface area contributed by atoms with Gasteiger partial charge in [0.1, 0.15) is 0 Å². The van der Waals surface area contributed by atoms with Crippen LogP contribution in [0.3, 0.4) is 0 Å². The number of amides is 1. The fourth-order valence-electron chi connectivity index (χ4n) is 2.27. The highest BCUT2D eigenvalue weighted by atomic mass is 32.1. The van der Waals surface area contributed by atoms with Gasteiger partial charge in [-0.1, -0.05) is 12.1 Å². The molecular weight excluding hydrogens is 282 g/mol. The molecular formula is C16H21N3OS. The van der Waals surface area contributed by atoms with E-state index in [1.54, 1.807) is 16.2 Å². The zero-order chi connectivity index (χ0) is 15.6. The smallest absolute Gasteiger partial charge is 0.232 e. The molecule has 0 atom stereocenters. The molecule has 0 saturated carbocycles. The van der Waals surface area contributed by atoms with E-state index in [1.165, 1.54) is 0 Å². The Hall–Kier alpha value is -1.88. The molecule has 5 heteroatoms. The number of nitrogens with zero attached hydrogens (tertiary/aromatic N) is 2. The summed E-state index contributed by atoms with van der Waals surface area (Å²) in [5.74, 6) is 0.0834. The molecule has 2 rings (SSSR count). The second kappa shape index (κ2) is 5.85. The summed E-state index contributed by atoms with van der Waals surface area (Å²) >= 11 is 1.58. The van der Waals surface area contributed by atoms with E-state index in [-0.39, 0.29) is 5.91 Å². The summed E-state index contributed by atoms with van der Waals surface area (Å²) in [7, 11) is 1.83. The number of nitrogen functional groups attached to an aromatic ring is 1. The molecule has 0 spiro atoms. The molecule has 1 amide bonds. The lowest BCUT2D eigenvalue weighted by Gasteiger charge is -2.29. The predicted molar refractivity (Wildman–Crippen MR) is 87.2 cm³/mol. The Labute approximate surface area is 129 Å². The van der Waals surface area contributed by atoms with Gasteiger partial charge in [0.25, 0.3) is 0 Å². The van der Waals surface area contributed by atoms with Gasteiger partial charge in [-0.05, 0) is 38.5 Å². The van der Waals surface area contributed by atoms with Gasteiger partial charge < -0.3 is 10.6 Å². The SMILES string of the molecule is Cc1ncsc1CN(C)C(=O)C(C)(C)c1ccc(N)cc1. The number of aryl methyl sites for hydroxylation is 1. The standard InChI is InChI=1S/C16H21N3OS/c1-11-14(21-10-18-11)9-19(4)15(20)16(2,3)12-5-7-13(17)8-6-12/h5-8,10H,9,17H2,1-4H3. The lowest BCUT2D eigenvalue weighted by Crippen LogP contribution is -2.40. The summed E-state index contributed by atoms with van der Waals surface area (Å²) in [6, 6.07) is 7.49. The number of thiazole rings is 1. The molecule has 0 saturated heterocycles. The summed E-state index contributed by atoms with van der Waals surface area (Å²) in [5.41, 5.74) is 9.61. The summed E-state index contributed by atoms with van der Waals surface area (Å²) in [4.78, 5) is 19.9. The lowest BCUT2D eigenvalue weighted by molar-refractivity contribution is -0.135. The number of hydrogen-bond acceptors (Lipinski definition) is 4. The van der Waals surface area contributed by atoms with Crippen LogP contribution < -0.4 is 5.73 Å². The second-order valence-electron chi connectivity index (χ2n) is 5.77. The number of benzene rings is 1. The maximum atomic E-state index is 12.8. The van der Waals surface area contributed by atoms with Crippen molar-refractivity contribution in [2.24, 2.45) is 0 Å². The molecule has 0 radical (unpaired) electrons. The lowest BCUT2D eigenvalue weighted by atomic mass is 9.83. The van der Waals surface area contributed by atoms with E-state index in [0.717, 1.165) is 16.1 Å². The van der Waals surface area contributed by atoms with Crippen molar-refractivity contribution in [3.8, 4) is 0 Å². The van der Waals surface area contributed by atoms with Gasteiger partial charge >= 0.3 is 0 Å². The molecule has 0 fully saturated rings. The molecule has 1 heterocycles.